The Kier molecular flexibility index (Phi) is 6.95. The third-order valence-corrected chi connectivity index (χ3v) is 8.13. The lowest BCUT2D eigenvalue weighted by atomic mass is 10.0. The molecule has 3 fully saturated rings. The van der Waals surface area contributed by atoms with Gasteiger partial charge in [-0.15, -0.1) is 0 Å². The molecule has 2 N–H and O–H groups in total. The molecule has 6 rings (SSSR count). The lowest BCUT2D eigenvalue weighted by molar-refractivity contribution is -0.0632. The van der Waals surface area contributed by atoms with Gasteiger partial charge in [0.2, 0.25) is 0 Å². The molecule has 0 spiro atoms. The molecule has 200 valence electrons. The molecule has 1 aliphatic heterocycles. The van der Waals surface area contributed by atoms with Crippen molar-refractivity contribution in [1.82, 2.24) is 25.2 Å². The SMILES string of the molecule is O=C(NCC(c1cnc(C2CCCC2)nc1)N1CCC(F)(F)CC1)c1cccc2nc(NC3CC3)ccc12. The normalized spacial score (nSPS) is 20.9. The average molecular weight is 521 g/mol. The number of pyridine rings is 1. The highest BCUT2D eigenvalue weighted by Crippen LogP contribution is 2.34. The van der Waals surface area contributed by atoms with Gasteiger partial charge >= 0.3 is 0 Å². The van der Waals surface area contributed by atoms with Crippen molar-refractivity contribution in [2.24, 2.45) is 0 Å². The summed E-state index contributed by atoms with van der Waals surface area (Å²) in [5, 5.41) is 7.25. The van der Waals surface area contributed by atoms with Crippen LogP contribution in [-0.2, 0) is 0 Å². The van der Waals surface area contributed by atoms with Crippen LogP contribution in [-0.4, -0.2) is 57.4 Å². The van der Waals surface area contributed by atoms with E-state index in [1.54, 1.807) is 6.07 Å². The first-order valence-electron chi connectivity index (χ1n) is 13.8. The molecule has 0 radical (unpaired) electrons. The van der Waals surface area contributed by atoms with Crippen LogP contribution in [0.2, 0.25) is 0 Å². The summed E-state index contributed by atoms with van der Waals surface area (Å²) in [7, 11) is 0. The standard InChI is InChI=1S/C29H34F2N6O/c30-29(31)12-14-37(15-13-29)25(20-16-32-27(33-17-20)19-4-1-2-5-19)18-34-28(38)23-6-3-7-24-22(23)10-11-26(36-24)35-21-8-9-21/h3,6-7,10-11,16-17,19,21,25H,1-2,4-5,8-9,12-15,18H2,(H,34,38)(H,35,36). The van der Waals surface area contributed by atoms with E-state index in [0.29, 0.717) is 17.5 Å². The van der Waals surface area contributed by atoms with Gasteiger partial charge in [-0.05, 0) is 49.9 Å². The zero-order valence-electron chi connectivity index (χ0n) is 21.5. The van der Waals surface area contributed by atoms with Gasteiger partial charge in [-0.2, -0.15) is 0 Å². The second-order valence-corrected chi connectivity index (χ2v) is 11.0. The van der Waals surface area contributed by atoms with Crippen molar-refractivity contribution in [3.05, 3.63) is 59.7 Å². The van der Waals surface area contributed by atoms with Gasteiger partial charge in [-0.3, -0.25) is 9.69 Å². The molecule has 1 saturated heterocycles. The van der Waals surface area contributed by atoms with Crippen LogP contribution in [0.5, 0.6) is 0 Å². The molecule has 3 aromatic rings. The molecule has 38 heavy (non-hydrogen) atoms. The highest BCUT2D eigenvalue weighted by Gasteiger charge is 2.37. The summed E-state index contributed by atoms with van der Waals surface area (Å²) in [5.74, 6) is -0.776. The zero-order valence-corrected chi connectivity index (χ0v) is 21.5. The van der Waals surface area contributed by atoms with Crippen LogP contribution in [0.1, 0.15) is 85.1 Å². The first-order chi connectivity index (χ1) is 18.4. The number of carbonyl (C=O) groups excluding carboxylic acids is 1. The number of piperidine rings is 1. The summed E-state index contributed by atoms with van der Waals surface area (Å²) in [6, 6.07) is 9.60. The summed E-state index contributed by atoms with van der Waals surface area (Å²) >= 11 is 0. The minimum atomic E-state index is -2.64. The number of hydrogen-bond donors (Lipinski definition) is 2. The number of nitrogens with zero attached hydrogens (tertiary/aromatic N) is 4. The summed E-state index contributed by atoms with van der Waals surface area (Å²) in [6.45, 7) is 0.793. The number of hydrogen-bond acceptors (Lipinski definition) is 6. The highest BCUT2D eigenvalue weighted by atomic mass is 19.3. The molecule has 3 aliphatic rings. The third-order valence-electron chi connectivity index (χ3n) is 8.13. The quantitative estimate of drug-likeness (QED) is 0.411. The lowest BCUT2D eigenvalue weighted by Crippen LogP contribution is -2.45. The molecular formula is C29H34F2N6O. The Hall–Kier alpha value is -3.20. The van der Waals surface area contributed by atoms with E-state index in [2.05, 4.69) is 25.6 Å². The van der Waals surface area contributed by atoms with E-state index in [-0.39, 0.29) is 44.4 Å². The number of alkyl halides is 2. The van der Waals surface area contributed by atoms with E-state index >= 15 is 0 Å². The molecule has 1 aromatic carbocycles. The van der Waals surface area contributed by atoms with Gasteiger partial charge in [0, 0.05) is 73.3 Å². The Labute approximate surface area is 221 Å². The number of benzene rings is 1. The second kappa shape index (κ2) is 10.5. The Morgan fingerprint density at radius 3 is 2.47 bits per heavy atom. The van der Waals surface area contributed by atoms with Crippen molar-refractivity contribution in [3.8, 4) is 0 Å². The second-order valence-electron chi connectivity index (χ2n) is 11.0. The zero-order chi connectivity index (χ0) is 26.1. The number of nitrogens with one attached hydrogen (secondary N) is 2. The first-order valence-corrected chi connectivity index (χ1v) is 13.8. The molecular weight excluding hydrogens is 486 g/mol. The molecule has 3 heterocycles. The van der Waals surface area contributed by atoms with Crippen LogP contribution in [0, 0.1) is 0 Å². The highest BCUT2D eigenvalue weighted by molar-refractivity contribution is 6.06. The lowest BCUT2D eigenvalue weighted by Gasteiger charge is -2.37. The maximum absolute atomic E-state index is 13.9. The number of carbonyl (C=O) groups is 1. The van der Waals surface area contributed by atoms with Crippen molar-refractivity contribution in [3.63, 3.8) is 0 Å². The summed E-state index contributed by atoms with van der Waals surface area (Å²) in [4.78, 5) is 29.4. The minimum absolute atomic E-state index is 0.190. The summed E-state index contributed by atoms with van der Waals surface area (Å²) < 4.78 is 27.8. The average Bonchev–Trinajstić information content (AvgIpc) is 3.57. The fraction of sp³-hybridized carbons (Fsp3) is 0.517. The predicted octanol–water partition coefficient (Wildman–Crippen LogP) is 5.46. The monoisotopic (exact) mass is 520 g/mol. The number of likely N-dealkylation sites (tertiary alicyclic amines) is 1. The van der Waals surface area contributed by atoms with Crippen LogP contribution in [0.15, 0.2) is 42.7 Å². The van der Waals surface area contributed by atoms with Crippen LogP contribution < -0.4 is 10.6 Å². The number of rotatable bonds is 8. The Morgan fingerprint density at radius 1 is 1.03 bits per heavy atom. The minimum Gasteiger partial charge on any atom is -0.367 e. The third kappa shape index (κ3) is 5.62. The molecule has 2 aliphatic carbocycles. The molecule has 2 aromatic heterocycles. The van der Waals surface area contributed by atoms with E-state index in [1.165, 1.54) is 12.8 Å². The molecule has 1 amide bonds. The van der Waals surface area contributed by atoms with Gasteiger partial charge in [0.1, 0.15) is 11.6 Å². The van der Waals surface area contributed by atoms with E-state index in [0.717, 1.165) is 53.8 Å². The maximum Gasteiger partial charge on any atom is 0.252 e. The van der Waals surface area contributed by atoms with Crippen molar-refractivity contribution in [2.75, 3.05) is 25.0 Å². The molecule has 7 nitrogen and oxygen atoms in total. The van der Waals surface area contributed by atoms with Gasteiger partial charge in [0.05, 0.1) is 11.6 Å². The van der Waals surface area contributed by atoms with Gasteiger partial charge < -0.3 is 10.6 Å². The Morgan fingerprint density at radius 2 is 1.76 bits per heavy atom. The van der Waals surface area contributed by atoms with Crippen LogP contribution in [0.4, 0.5) is 14.6 Å². The van der Waals surface area contributed by atoms with Gasteiger partial charge in [-0.25, -0.2) is 23.7 Å². The molecule has 2 saturated carbocycles. The van der Waals surface area contributed by atoms with E-state index in [1.807, 2.05) is 41.6 Å². The molecule has 0 bridgehead atoms. The Bertz CT molecular complexity index is 1280. The fourth-order valence-electron chi connectivity index (χ4n) is 5.69. The number of halogens is 2. The predicted molar refractivity (Wildman–Crippen MR) is 142 cm³/mol. The smallest absolute Gasteiger partial charge is 0.252 e. The van der Waals surface area contributed by atoms with Gasteiger partial charge in [-0.1, -0.05) is 18.9 Å². The summed E-state index contributed by atoms with van der Waals surface area (Å²) in [5.41, 5.74) is 2.14. The van der Waals surface area contributed by atoms with E-state index < -0.39 is 5.92 Å². The maximum atomic E-state index is 13.9. The summed E-state index contributed by atoms with van der Waals surface area (Å²) in [6.07, 6.45) is 10.2. The van der Waals surface area contributed by atoms with E-state index in [9.17, 15) is 13.6 Å². The fourth-order valence-corrected chi connectivity index (χ4v) is 5.69. The number of amides is 1. The van der Waals surface area contributed by atoms with Crippen LogP contribution in [0.25, 0.3) is 10.9 Å². The van der Waals surface area contributed by atoms with Crippen LogP contribution in [0.3, 0.4) is 0 Å². The number of aromatic nitrogens is 3. The van der Waals surface area contributed by atoms with Crippen LogP contribution >= 0.6 is 0 Å². The van der Waals surface area contributed by atoms with Crippen molar-refractivity contribution in [2.45, 2.75) is 75.3 Å². The molecule has 1 unspecified atom stereocenters. The van der Waals surface area contributed by atoms with Crippen molar-refractivity contribution in [1.29, 1.82) is 0 Å². The molecule has 9 heteroatoms. The topological polar surface area (TPSA) is 83.0 Å². The molecule has 1 atom stereocenters. The van der Waals surface area contributed by atoms with Gasteiger partial charge in [0.25, 0.3) is 11.8 Å². The van der Waals surface area contributed by atoms with Crippen molar-refractivity contribution < 1.29 is 13.6 Å². The largest absolute Gasteiger partial charge is 0.367 e. The number of fused-ring (bicyclic) bond motifs is 1. The number of anilines is 1. The first kappa shape index (κ1) is 25.1. The van der Waals surface area contributed by atoms with Crippen molar-refractivity contribution >= 4 is 22.6 Å². The van der Waals surface area contributed by atoms with Gasteiger partial charge in [0.15, 0.2) is 0 Å². The van der Waals surface area contributed by atoms with E-state index in [4.69, 9.17) is 0 Å². The Balaban J connectivity index is 1.20.